The molecule has 0 aliphatic carbocycles. The molecule has 1 unspecified atom stereocenters. The fourth-order valence-corrected chi connectivity index (χ4v) is 3.25. The molecule has 5 heteroatoms. The van der Waals surface area contributed by atoms with E-state index in [0.717, 1.165) is 31.6 Å². The van der Waals surface area contributed by atoms with E-state index in [-0.39, 0.29) is 5.91 Å². The summed E-state index contributed by atoms with van der Waals surface area (Å²) >= 11 is 0. The van der Waals surface area contributed by atoms with Gasteiger partial charge in [-0.15, -0.1) is 0 Å². The molecule has 1 saturated heterocycles. The first-order chi connectivity index (χ1) is 12.2. The number of benzene rings is 1. The smallest absolute Gasteiger partial charge is 0.224 e. The Morgan fingerprint density at radius 2 is 2.12 bits per heavy atom. The highest BCUT2D eigenvalue weighted by Gasteiger charge is 2.22. The molecule has 3 rings (SSSR count). The maximum Gasteiger partial charge on any atom is 0.224 e. The molecule has 2 aromatic rings. The highest BCUT2D eigenvalue weighted by molar-refractivity contribution is 5.91. The lowest BCUT2D eigenvalue weighted by Crippen LogP contribution is -2.32. The van der Waals surface area contributed by atoms with Gasteiger partial charge < -0.3 is 15.4 Å². The van der Waals surface area contributed by atoms with Gasteiger partial charge in [0.1, 0.15) is 5.75 Å². The van der Waals surface area contributed by atoms with Gasteiger partial charge in [0.15, 0.2) is 0 Å². The summed E-state index contributed by atoms with van der Waals surface area (Å²) in [6.07, 6.45) is 4.54. The summed E-state index contributed by atoms with van der Waals surface area (Å²) in [7, 11) is 0. The van der Waals surface area contributed by atoms with E-state index in [4.69, 9.17) is 4.74 Å². The molecular formula is C20H25N3O2. The zero-order chi connectivity index (χ0) is 17.5. The van der Waals surface area contributed by atoms with Gasteiger partial charge >= 0.3 is 0 Å². The van der Waals surface area contributed by atoms with Crippen molar-refractivity contribution in [3.05, 3.63) is 48.7 Å². The van der Waals surface area contributed by atoms with Crippen molar-refractivity contribution in [3.8, 4) is 11.6 Å². The number of amides is 1. The highest BCUT2D eigenvalue weighted by Crippen LogP contribution is 2.26. The predicted octanol–water partition coefficient (Wildman–Crippen LogP) is 3.84. The maximum absolute atomic E-state index is 12.4. The molecule has 1 fully saturated rings. The van der Waals surface area contributed by atoms with Gasteiger partial charge in [-0.1, -0.05) is 19.1 Å². The van der Waals surface area contributed by atoms with E-state index in [9.17, 15) is 4.79 Å². The summed E-state index contributed by atoms with van der Waals surface area (Å²) in [5.41, 5.74) is 0.746. The number of pyridine rings is 1. The largest absolute Gasteiger partial charge is 0.439 e. The number of rotatable bonds is 6. The molecule has 0 spiro atoms. The van der Waals surface area contributed by atoms with Crippen LogP contribution in [0.4, 0.5) is 5.69 Å². The second kappa shape index (κ2) is 8.62. The number of carbonyl (C=O) groups is 1. The number of carbonyl (C=O) groups excluding carboxylic acids is 1. The molecule has 0 bridgehead atoms. The van der Waals surface area contributed by atoms with Crippen LogP contribution in [-0.4, -0.2) is 24.0 Å². The van der Waals surface area contributed by atoms with Crippen LogP contribution in [0.1, 0.15) is 26.2 Å². The minimum absolute atomic E-state index is 0.0565. The highest BCUT2D eigenvalue weighted by atomic mass is 16.5. The number of piperidine rings is 1. The summed E-state index contributed by atoms with van der Waals surface area (Å²) < 4.78 is 5.71. The third kappa shape index (κ3) is 5.29. The summed E-state index contributed by atoms with van der Waals surface area (Å²) in [5.74, 6) is 2.27. The van der Waals surface area contributed by atoms with E-state index < -0.39 is 0 Å². The van der Waals surface area contributed by atoms with Crippen LogP contribution in [0.2, 0.25) is 0 Å². The van der Waals surface area contributed by atoms with Crippen molar-refractivity contribution in [2.75, 3.05) is 18.4 Å². The summed E-state index contributed by atoms with van der Waals surface area (Å²) in [6, 6.07) is 12.9. The Balaban J connectivity index is 1.55. The lowest BCUT2D eigenvalue weighted by atomic mass is 9.84. The Bertz CT molecular complexity index is 684. The second-order valence-electron chi connectivity index (χ2n) is 6.61. The van der Waals surface area contributed by atoms with Crippen LogP contribution in [0.25, 0.3) is 0 Å². The van der Waals surface area contributed by atoms with E-state index in [1.54, 1.807) is 12.3 Å². The van der Waals surface area contributed by atoms with Gasteiger partial charge in [0.05, 0.1) is 0 Å². The first kappa shape index (κ1) is 17.4. The number of hydrogen-bond acceptors (Lipinski definition) is 4. The normalized spacial score (nSPS) is 16.2. The van der Waals surface area contributed by atoms with Crippen molar-refractivity contribution < 1.29 is 9.53 Å². The van der Waals surface area contributed by atoms with E-state index in [2.05, 4.69) is 22.5 Å². The zero-order valence-electron chi connectivity index (χ0n) is 14.6. The molecule has 1 aromatic heterocycles. The minimum Gasteiger partial charge on any atom is -0.439 e. The fourth-order valence-electron chi connectivity index (χ4n) is 3.25. The van der Waals surface area contributed by atoms with Crippen LogP contribution >= 0.6 is 0 Å². The van der Waals surface area contributed by atoms with Crippen molar-refractivity contribution in [2.24, 2.45) is 11.8 Å². The Morgan fingerprint density at radius 3 is 2.88 bits per heavy atom. The van der Waals surface area contributed by atoms with Crippen LogP contribution in [0.3, 0.4) is 0 Å². The Labute approximate surface area is 148 Å². The second-order valence-corrected chi connectivity index (χ2v) is 6.61. The van der Waals surface area contributed by atoms with E-state index in [1.165, 1.54) is 0 Å². The lowest BCUT2D eigenvalue weighted by molar-refractivity contribution is -0.117. The van der Waals surface area contributed by atoms with Crippen LogP contribution in [0.15, 0.2) is 48.7 Å². The Morgan fingerprint density at radius 1 is 1.28 bits per heavy atom. The molecule has 1 atom stereocenters. The van der Waals surface area contributed by atoms with Gasteiger partial charge in [0, 0.05) is 30.4 Å². The molecule has 2 N–H and O–H groups in total. The van der Waals surface area contributed by atoms with Crippen LogP contribution in [0, 0.1) is 11.8 Å². The summed E-state index contributed by atoms with van der Waals surface area (Å²) in [4.78, 5) is 16.5. The Hall–Kier alpha value is -2.40. The van der Waals surface area contributed by atoms with Gasteiger partial charge in [0.2, 0.25) is 11.8 Å². The molecule has 1 aliphatic heterocycles. The molecule has 1 amide bonds. The van der Waals surface area contributed by atoms with Gasteiger partial charge in [0.25, 0.3) is 0 Å². The number of ether oxygens (including phenoxy) is 1. The van der Waals surface area contributed by atoms with Crippen molar-refractivity contribution in [1.82, 2.24) is 10.3 Å². The van der Waals surface area contributed by atoms with Crippen molar-refractivity contribution in [2.45, 2.75) is 26.2 Å². The average Bonchev–Trinajstić information content (AvgIpc) is 2.63. The molecule has 1 aliphatic rings. The fraction of sp³-hybridized carbons (Fsp3) is 0.400. The molecule has 1 aromatic carbocycles. The molecule has 0 radical (unpaired) electrons. The molecule has 132 valence electrons. The van der Waals surface area contributed by atoms with E-state index in [0.29, 0.717) is 29.9 Å². The molecular weight excluding hydrogens is 314 g/mol. The predicted molar refractivity (Wildman–Crippen MR) is 98.8 cm³/mol. The van der Waals surface area contributed by atoms with Crippen molar-refractivity contribution in [1.29, 1.82) is 0 Å². The molecule has 0 saturated carbocycles. The molecule has 2 heterocycles. The number of aromatic nitrogens is 1. The first-order valence-electron chi connectivity index (χ1n) is 8.90. The average molecular weight is 339 g/mol. The standard InChI is InChI=1S/C20H25N3O2/c1-15(16-8-11-21-12-9-16)13-19(24)23-17-5-4-6-18(14-17)25-20-7-2-3-10-22-20/h2-7,10,14-16,21H,8-9,11-13H2,1H3,(H,23,24). The van der Waals surface area contributed by atoms with Crippen molar-refractivity contribution in [3.63, 3.8) is 0 Å². The van der Waals surface area contributed by atoms with Crippen LogP contribution in [0.5, 0.6) is 11.6 Å². The number of nitrogens with zero attached hydrogens (tertiary/aromatic N) is 1. The van der Waals surface area contributed by atoms with E-state index in [1.807, 2.05) is 36.4 Å². The van der Waals surface area contributed by atoms with E-state index >= 15 is 0 Å². The third-order valence-electron chi connectivity index (χ3n) is 4.67. The first-order valence-corrected chi connectivity index (χ1v) is 8.90. The van der Waals surface area contributed by atoms with Gasteiger partial charge in [-0.3, -0.25) is 4.79 Å². The summed E-state index contributed by atoms with van der Waals surface area (Å²) in [5, 5.41) is 6.35. The number of hydrogen-bond donors (Lipinski definition) is 2. The van der Waals surface area contributed by atoms with Crippen LogP contribution < -0.4 is 15.4 Å². The van der Waals surface area contributed by atoms with Crippen LogP contribution in [-0.2, 0) is 4.79 Å². The van der Waals surface area contributed by atoms with Gasteiger partial charge in [-0.2, -0.15) is 0 Å². The third-order valence-corrected chi connectivity index (χ3v) is 4.67. The number of anilines is 1. The maximum atomic E-state index is 12.4. The number of nitrogens with one attached hydrogen (secondary N) is 2. The SMILES string of the molecule is CC(CC(=O)Nc1cccc(Oc2ccccn2)c1)C1CCNCC1. The molecule has 5 nitrogen and oxygen atoms in total. The lowest BCUT2D eigenvalue weighted by Gasteiger charge is -2.27. The Kier molecular flexibility index (Phi) is 6.01. The monoisotopic (exact) mass is 339 g/mol. The van der Waals surface area contributed by atoms with Gasteiger partial charge in [-0.05, 0) is 56.0 Å². The minimum atomic E-state index is 0.0565. The zero-order valence-corrected chi connectivity index (χ0v) is 14.6. The quantitative estimate of drug-likeness (QED) is 0.839. The topological polar surface area (TPSA) is 63.2 Å². The van der Waals surface area contributed by atoms with Crippen molar-refractivity contribution >= 4 is 11.6 Å². The molecule has 25 heavy (non-hydrogen) atoms. The summed E-state index contributed by atoms with van der Waals surface area (Å²) in [6.45, 7) is 4.29. The van der Waals surface area contributed by atoms with Gasteiger partial charge in [-0.25, -0.2) is 4.98 Å².